The number of aromatic hydroxyl groups is 3. The van der Waals surface area contributed by atoms with Crippen LogP contribution in [0.1, 0.15) is 31.1 Å². The summed E-state index contributed by atoms with van der Waals surface area (Å²) in [5.41, 5.74) is -0.549. The van der Waals surface area contributed by atoms with Crippen molar-refractivity contribution >= 4 is 52.7 Å². The maximum absolute atomic E-state index is 10.4. The number of carbonyl (C=O) groups is 3. The van der Waals surface area contributed by atoms with Crippen molar-refractivity contribution in [3.8, 4) is 17.2 Å². The fraction of sp³-hybridized carbons (Fsp3) is 0. The van der Waals surface area contributed by atoms with Crippen LogP contribution < -0.4 is 0 Å². The summed E-state index contributed by atoms with van der Waals surface area (Å²) < 4.78 is 0. The number of rotatable bonds is 3. The Morgan fingerprint density at radius 1 is 0.500 bits per heavy atom. The maximum atomic E-state index is 10.4. The summed E-state index contributed by atoms with van der Waals surface area (Å²) in [4.78, 5) is 31.1. The average molecular weight is 609 g/mol. The van der Waals surface area contributed by atoms with E-state index in [1.165, 1.54) is 54.6 Å². The molecule has 0 aromatic heterocycles. The first-order valence-electron chi connectivity index (χ1n) is 8.49. The molecule has 9 nitrogen and oxygen atoms in total. The van der Waals surface area contributed by atoms with Gasteiger partial charge < -0.3 is 30.6 Å². The Morgan fingerprint density at radius 3 is 0.853 bits per heavy atom. The monoisotopic (exact) mass is 606 g/mol. The van der Waals surface area contributed by atoms with E-state index in [1.807, 2.05) is 0 Å². The van der Waals surface area contributed by atoms with Gasteiger partial charge in [-0.2, -0.15) is 0 Å². The molecule has 0 fully saturated rings. The van der Waals surface area contributed by atoms with Crippen LogP contribution in [0.5, 0.6) is 17.2 Å². The third kappa shape index (κ3) is 10.0. The van der Waals surface area contributed by atoms with Crippen molar-refractivity contribution in [3.63, 3.8) is 0 Å². The molecule has 3 rings (SSSR count). The molecule has 178 valence electrons. The fourth-order valence-corrected chi connectivity index (χ4v) is 2.55. The standard InChI is InChI=1S/3C7H5ClO3.Zr/c3*8-4-1-2-6(9)5(3-4)7(10)11;/h3*1-3,9H,(H,10,11);. The SMILES string of the molecule is O=C(O)c1cc(Cl)ccc1O.O=C(O)c1cc(Cl)ccc1O.O=C(O)c1cc(Cl)ccc1O.[Zr]. The van der Waals surface area contributed by atoms with Crippen molar-refractivity contribution in [3.05, 3.63) is 86.4 Å². The summed E-state index contributed by atoms with van der Waals surface area (Å²) in [6, 6.07) is 11.6. The molecule has 0 atom stereocenters. The van der Waals surface area contributed by atoms with Gasteiger partial charge in [-0.3, -0.25) is 0 Å². The number of aromatic carboxylic acids is 3. The Labute approximate surface area is 226 Å². The van der Waals surface area contributed by atoms with Crippen LogP contribution in [-0.2, 0) is 26.2 Å². The first kappa shape index (κ1) is 31.2. The Balaban J connectivity index is 0.000000473. The van der Waals surface area contributed by atoms with E-state index in [0.29, 0.717) is 15.1 Å². The van der Waals surface area contributed by atoms with Gasteiger partial charge in [0.2, 0.25) is 0 Å². The van der Waals surface area contributed by atoms with E-state index in [4.69, 9.17) is 65.4 Å². The number of carboxylic acids is 3. The molecule has 0 aliphatic carbocycles. The topological polar surface area (TPSA) is 173 Å². The summed E-state index contributed by atoms with van der Waals surface area (Å²) in [5.74, 6) is -4.40. The van der Waals surface area contributed by atoms with Gasteiger partial charge in [0.05, 0.1) is 0 Å². The van der Waals surface area contributed by atoms with Crippen molar-refractivity contribution in [1.82, 2.24) is 0 Å². The molecule has 0 spiro atoms. The molecule has 13 heteroatoms. The number of phenols is 3. The third-order valence-corrected chi connectivity index (χ3v) is 4.27. The average Bonchev–Trinajstić information content (AvgIpc) is 2.73. The molecule has 0 radical (unpaired) electrons. The molecule has 0 aliphatic rings. The van der Waals surface area contributed by atoms with Gasteiger partial charge in [0.25, 0.3) is 0 Å². The summed E-state index contributed by atoms with van der Waals surface area (Å²) in [6.07, 6.45) is 0. The molecule has 0 aliphatic heterocycles. The van der Waals surface area contributed by atoms with Crippen LogP contribution in [0.3, 0.4) is 0 Å². The summed E-state index contributed by atoms with van der Waals surface area (Å²) in [5, 5.41) is 53.2. The van der Waals surface area contributed by atoms with Gasteiger partial charge in [0.15, 0.2) is 0 Å². The van der Waals surface area contributed by atoms with Gasteiger partial charge in [0.1, 0.15) is 33.9 Å². The Hall–Kier alpha value is -2.78. The van der Waals surface area contributed by atoms with Crippen molar-refractivity contribution in [2.45, 2.75) is 0 Å². The van der Waals surface area contributed by atoms with Gasteiger partial charge in [-0.15, -0.1) is 0 Å². The van der Waals surface area contributed by atoms with E-state index in [2.05, 4.69) is 0 Å². The molecular weight excluding hydrogens is 594 g/mol. The molecule has 0 saturated carbocycles. The molecule has 34 heavy (non-hydrogen) atoms. The van der Waals surface area contributed by atoms with Crippen LogP contribution in [0.15, 0.2) is 54.6 Å². The van der Waals surface area contributed by atoms with Gasteiger partial charge in [-0.05, 0) is 54.6 Å². The van der Waals surface area contributed by atoms with Gasteiger partial charge in [-0.1, -0.05) is 34.8 Å². The molecule has 0 heterocycles. The molecule has 0 unspecified atom stereocenters. The second kappa shape index (κ2) is 14.5. The van der Waals surface area contributed by atoms with Gasteiger partial charge >= 0.3 is 17.9 Å². The second-order valence-corrected chi connectivity index (χ2v) is 7.21. The van der Waals surface area contributed by atoms with Crippen molar-refractivity contribution in [2.75, 3.05) is 0 Å². The smallest absolute Gasteiger partial charge is 0.339 e. The van der Waals surface area contributed by atoms with Crippen molar-refractivity contribution in [2.24, 2.45) is 0 Å². The first-order valence-corrected chi connectivity index (χ1v) is 9.62. The number of halogens is 3. The largest absolute Gasteiger partial charge is 0.507 e. The van der Waals surface area contributed by atoms with Crippen LogP contribution in [0, 0.1) is 0 Å². The molecule has 0 bridgehead atoms. The molecule has 3 aromatic rings. The number of hydrogen-bond acceptors (Lipinski definition) is 6. The van der Waals surface area contributed by atoms with Crippen LogP contribution in [0.25, 0.3) is 0 Å². The molecule has 0 amide bonds. The van der Waals surface area contributed by atoms with E-state index in [9.17, 15) is 14.4 Å². The zero-order valence-corrected chi connectivity index (χ0v) is 21.5. The quantitative estimate of drug-likeness (QED) is 0.233. The normalized spacial score (nSPS) is 9.26. The van der Waals surface area contributed by atoms with Crippen LogP contribution >= 0.6 is 34.8 Å². The van der Waals surface area contributed by atoms with Crippen molar-refractivity contribution < 1.29 is 71.2 Å². The second-order valence-electron chi connectivity index (χ2n) is 5.90. The summed E-state index contributed by atoms with van der Waals surface area (Å²) >= 11 is 16.5. The van der Waals surface area contributed by atoms with Crippen LogP contribution in [0.2, 0.25) is 15.1 Å². The zero-order chi connectivity index (χ0) is 25.3. The number of benzene rings is 3. The minimum Gasteiger partial charge on any atom is -0.507 e. The number of hydrogen-bond donors (Lipinski definition) is 6. The maximum Gasteiger partial charge on any atom is 0.339 e. The predicted octanol–water partition coefficient (Wildman–Crippen LogP) is 5.23. The van der Waals surface area contributed by atoms with Crippen LogP contribution in [-0.4, -0.2) is 48.5 Å². The Morgan fingerprint density at radius 2 is 0.706 bits per heavy atom. The predicted molar refractivity (Wildman–Crippen MR) is 120 cm³/mol. The zero-order valence-electron chi connectivity index (χ0n) is 16.7. The van der Waals surface area contributed by atoms with E-state index in [-0.39, 0.29) is 60.1 Å². The van der Waals surface area contributed by atoms with E-state index in [0.717, 1.165) is 0 Å². The minimum absolute atomic E-state index is 0. The summed E-state index contributed by atoms with van der Waals surface area (Å²) in [7, 11) is 0. The van der Waals surface area contributed by atoms with E-state index >= 15 is 0 Å². The minimum atomic E-state index is -1.19. The Kier molecular flexibility index (Phi) is 13.3. The molecule has 6 N–H and O–H groups in total. The summed E-state index contributed by atoms with van der Waals surface area (Å²) in [6.45, 7) is 0. The van der Waals surface area contributed by atoms with E-state index in [1.54, 1.807) is 0 Å². The molecule has 0 saturated heterocycles. The molecule has 3 aromatic carbocycles. The Bertz CT molecular complexity index is 1040. The van der Waals surface area contributed by atoms with E-state index < -0.39 is 17.9 Å². The fourth-order valence-electron chi connectivity index (χ4n) is 2.04. The van der Waals surface area contributed by atoms with Gasteiger partial charge in [0, 0.05) is 41.3 Å². The van der Waals surface area contributed by atoms with Crippen molar-refractivity contribution in [1.29, 1.82) is 0 Å². The molecular formula is C21H15Cl3O9Zr. The third-order valence-electron chi connectivity index (χ3n) is 3.57. The first-order chi connectivity index (χ1) is 15.3. The van der Waals surface area contributed by atoms with Crippen LogP contribution in [0.4, 0.5) is 0 Å². The van der Waals surface area contributed by atoms with Gasteiger partial charge in [-0.25, -0.2) is 14.4 Å². The number of carboxylic acid groups (broad SMARTS) is 3.